The molecule has 3 aromatic heterocycles. The van der Waals surface area contributed by atoms with Crippen LogP contribution in [-0.4, -0.2) is 19.5 Å². The molecule has 6 nitrogen and oxygen atoms in total. The minimum absolute atomic E-state index is 0.0833. The Hall–Kier alpha value is -2.76. The van der Waals surface area contributed by atoms with E-state index < -0.39 is 0 Å². The molecule has 0 saturated carbocycles. The Kier molecular flexibility index (Phi) is 2.68. The van der Waals surface area contributed by atoms with Gasteiger partial charge in [0.15, 0.2) is 0 Å². The Balaban J connectivity index is 2.21. The van der Waals surface area contributed by atoms with Crippen LogP contribution in [0.15, 0.2) is 54.0 Å². The largest absolute Gasteiger partial charge is 0.478 e. The number of hydrogen-bond acceptors (Lipinski definition) is 4. The summed E-state index contributed by atoms with van der Waals surface area (Å²) in [6.07, 6.45) is 6.45. The predicted molar refractivity (Wildman–Crippen MR) is 66.7 cm³/mol. The molecule has 0 spiro atoms. The van der Waals surface area contributed by atoms with E-state index in [9.17, 15) is 9.90 Å². The summed E-state index contributed by atoms with van der Waals surface area (Å²) in [5, 5.41) is 9.96. The second kappa shape index (κ2) is 4.49. The summed E-state index contributed by atoms with van der Waals surface area (Å²) in [5.74, 6) is -0.0833. The summed E-state index contributed by atoms with van der Waals surface area (Å²) < 4.78 is 3.10. The summed E-state index contributed by atoms with van der Waals surface area (Å²) >= 11 is 0. The van der Waals surface area contributed by atoms with Gasteiger partial charge in [-0.3, -0.25) is 0 Å². The fraction of sp³-hybridized carbons (Fsp3) is 0.0769. The van der Waals surface area contributed by atoms with Crippen molar-refractivity contribution in [3.63, 3.8) is 0 Å². The Morgan fingerprint density at radius 3 is 2.84 bits per heavy atom. The van der Waals surface area contributed by atoms with Gasteiger partial charge < -0.3 is 5.11 Å². The molecule has 0 aliphatic rings. The number of nitrogens with zero attached hydrogens (tertiary/aromatic N) is 4. The zero-order valence-corrected chi connectivity index (χ0v) is 9.97. The third kappa shape index (κ3) is 2.03. The van der Waals surface area contributed by atoms with Gasteiger partial charge in [-0.1, -0.05) is 6.07 Å². The lowest BCUT2D eigenvalue weighted by Gasteiger charge is -2.05. The molecule has 0 aromatic carbocycles. The molecule has 0 amide bonds. The molecule has 0 aliphatic heterocycles. The molecule has 3 aromatic rings. The molecule has 3 rings (SSSR count). The third-order valence-electron chi connectivity index (χ3n) is 2.84. The molecule has 0 aliphatic carbocycles. The average Bonchev–Trinajstić information content (AvgIpc) is 2.45. The van der Waals surface area contributed by atoms with E-state index in [0.717, 1.165) is 5.56 Å². The van der Waals surface area contributed by atoms with Crippen LogP contribution in [0.25, 0.3) is 5.65 Å². The van der Waals surface area contributed by atoms with Gasteiger partial charge in [0, 0.05) is 24.0 Å². The fourth-order valence-corrected chi connectivity index (χ4v) is 1.97. The van der Waals surface area contributed by atoms with E-state index in [-0.39, 0.29) is 11.4 Å². The highest BCUT2D eigenvalue weighted by atomic mass is 16.3. The van der Waals surface area contributed by atoms with Crippen LogP contribution in [0.3, 0.4) is 0 Å². The second-order valence-corrected chi connectivity index (χ2v) is 4.10. The van der Waals surface area contributed by atoms with E-state index in [2.05, 4.69) is 9.97 Å². The molecule has 1 N–H and O–H groups in total. The lowest BCUT2D eigenvalue weighted by molar-refractivity contribution is -0.672. The molecule has 0 saturated heterocycles. The highest BCUT2D eigenvalue weighted by Crippen LogP contribution is 2.04. The SMILES string of the molecule is O=c1cc(O)[n+](Cc2cncnc2)c2ccccn12. The van der Waals surface area contributed by atoms with E-state index in [1.165, 1.54) is 16.8 Å². The number of pyridine rings is 1. The number of rotatable bonds is 2. The molecule has 0 fully saturated rings. The van der Waals surface area contributed by atoms with Crippen molar-refractivity contribution in [2.24, 2.45) is 0 Å². The standard InChI is InChI=1S/C13H10N4O2/c18-12-5-13(19)17(8-10-6-14-9-15-7-10)11-3-1-2-4-16(11)12/h1-7,9H,8H2/p+1. The van der Waals surface area contributed by atoms with Crippen LogP contribution >= 0.6 is 0 Å². The van der Waals surface area contributed by atoms with Crippen molar-refractivity contribution in [3.8, 4) is 5.88 Å². The van der Waals surface area contributed by atoms with Crippen LogP contribution in [0.5, 0.6) is 5.88 Å². The van der Waals surface area contributed by atoms with Crippen molar-refractivity contribution in [3.05, 3.63) is 65.1 Å². The van der Waals surface area contributed by atoms with Gasteiger partial charge in [-0.05, 0) is 6.07 Å². The van der Waals surface area contributed by atoms with Crippen LogP contribution in [0.2, 0.25) is 0 Å². The Morgan fingerprint density at radius 2 is 2.05 bits per heavy atom. The van der Waals surface area contributed by atoms with Gasteiger partial charge >= 0.3 is 5.56 Å². The minimum Gasteiger partial charge on any atom is -0.478 e. The molecule has 0 bridgehead atoms. The topological polar surface area (TPSA) is 71.4 Å². The average molecular weight is 255 g/mol. The van der Waals surface area contributed by atoms with Gasteiger partial charge in [0.05, 0.1) is 6.20 Å². The van der Waals surface area contributed by atoms with Gasteiger partial charge in [0.1, 0.15) is 18.9 Å². The van der Waals surface area contributed by atoms with Gasteiger partial charge in [-0.2, -0.15) is 8.97 Å². The molecule has 0 atom stereocenters. The summed E-state index contributed by atoms with van der Waals surface area (Å²) in [6, 6.07) is 6.54. The summed E-state index contributed by atoms with van der Waals surface area (Å²) in [5.41, 5.74) is 1.18. The zero-order chi connectivity index (χ0) is 13.2. The van der Waals surface area contributed by atoms with E-state index in [0.29, 0.717) is 12.2 Å². The van der Waals surface area contributed by atoms with Gasteiger partial charge in [0.25, 0.3) is 11.5 Å². The molecule has 94 valence electrons. The number of fused-ring (bicyclic) bond motifs is 1. The first-order valence-corrected chi connectivity index (χ1v) is 5.73. The van der Waals surface area contributed by atoms with Gasteiger partial charge in [0.2, 0.25) is 0 Å². The monoisotopic (exact) mass is 255 g/mol. The van der Waals surface area contributed by atoms with E-state index in [1.807, 2.05) is 6.07 Å². The van der Waals surface area contributed by atoms with Crippen molar-refractivity contribution in [2.75, 3.05) is 0 Å². The van der Waals surface area contributed by atoms with Gasteiger partial charge in [-0.25, -0.2) is 14.8 Å². The lowest BCUT2D eigenvalue weighted by atomic mass is 10.3. The first-order valence-electron chi connectivity index (χ1n) is 5.73. The van der Waals surface area contributed by atoms with E-state index in [1.54, 1.807) is 35.3 Å². The Labute approximate surface area is 108 Å². The molecule has 6 heteroatoms. The van der Waals surface area contributed by atoms with Crippen molar-refractivity contribution in [1.29, 1.82) is 0 Å². The maximum Gasteiger partial charge on any atom is 0.346 e. The maximum absolute atomic E-state index is 11.8. The quantitative estimate of drug-likeness (QED) is 0.661. The minimum atomic E-state index is -0.270. The Morgan fingerprint density at radius 1 is 1.26 bits per heavy atom. The fourth-order valence-electron chi connectivity index (χ4n) is 1.97. The summed E-state index contributed by atoms with van der Waals surface area (Å²) in [4.78, 5) is 19.6. The predicted octanol–water partition coefficient (Wildman–Crippen LogP) is 0.131. The highest BCUT2D eigenvalue weighted by molar-refractivity contribution is 5.32. The molecule has 19 heavy (non-hydrogen) atoms. The van der Waals surface area contributed by atoms with Crippen LogP contribution in [-0.2, 0) is 6.54 Å². The smallest absolute Gasteiger partial charge is 0.346 e. The molecular weight excluding hydrogens is 244 g/mol. The van der Waals surface area contributed by atoms with Crippen LogP contribution < -0.4 is 10.1 Å². The van der Waals surface area contributed by atoms with Crippen LogP contribution in [0.4, 0.5) is 0 Å². The number of aromatic hydroxyl groups is 1. The van der Waals surface area contributed by atoms with Gasteiger partial charge in [-0.15, -0.1) is 0 Å². The lowest BCUT2D eigenvalue weighted by Crippen LogP contribution is -2.40. The van der Waals surface area contributed by atoms with E-state index in [4.69, 9.17) is 0 Å². The first kappa shape index (κ1) is 11.3. The number of aromatic nitrogens is 4. The Bertz CT molecular complexity index is 784. The van der Waals surface area contributed by atoms with Crippen molar-refractivity contribution >= 4 is 5.65 Å². The summed E-state index contributed by atoms with van der Waals surface area (Å²) in [6.45, 7) is 0.389. The van der Waals surface area contributed by atoms with Crippen LogP contribution in [0.1, 0.15) is 5.56 Å². The number of hydrogen-bond donors (Lipinski definition) is 1. The highest BCUT2D eigenvalue weighted by Gasteiger charge is 2.16. The molecule has 0 radical (unpaired) electrons. The normalized spacial score (nSPS) is 10.7. The van der Waals surface area contributed by atoms with Crippen LogP contribution in [0, 0.1) is 0 Å². The second-order valence-electron chi connectivity index (χ2n) is 4.10. The van der Waals surface area contributed by atoms with E-state index >= 15 is 0 Å². The first-order chi connectivity index (χ1) is 9.25. The van der Waals surface area contributed by atoms with Crippen molar-refractivity contribution in [1.82, 2.24) is 14.4 Å². The zero-order valence-electron chi connectivity index (χ0n) is 9.97. The molecule has 3 heterocycles. The molecule has 0 unspecified atom stereocenters. The maximum atomic E-state index is 11.8. The summed E-state index contributed by atoms with van der Waals surface area (Å²) in [7, 11) is 0. The van der Waals surface area contributed by atoms with Crippen molar-refractivity contribution in [2.45, 2.75) is 6.54 Å². The van der Waals surface area contributed by atoms with Crippen molar-refractivity contribution < 1.29 is 9.67 Å². The third-order valence-corrected chi connectivity index (χ3v) is 2.84. The molecular formula is C13H11N4O2+.